The first-order valence-corrected chi connectivity index (χ1v) is 11.4. The van der Waals surface area contributed by atoms with E-state index in [0.717, 1.165) is 36.8 Å². The molecular formula is C22H28N4OS. The number of carbonyl (C=O) groups is 1. The van der Waals surface area contributed by atoms with Gasteiger partial charge in [-0.3, -0.25) is 9.69 Å². The van der Waals surface area contributed by atoms with Crippen LogP contribution in [0.1, 0.15) is 35.5 Å². The number of carbonyl (C=O) groups excluding carboxylic acids is 1. The second-order valence-corrected chi connectivity index (χ2v) is 9.25. The topological polar surface area (TPSA) is 57.3 Å². The highest BCUT2D eigenvalue weighted by atomic mass is 32.1. The molecule has 3 aliphatic rings. The van der Waals surface area contributed by atoms with Crippen LogP contribution in [0.15, 0.2) is 35.7 Å². The molecule has 2 aromatic rings. The molecule has 3 fully saturated rings. The first kappa shape index (κ1) is 18.3. The summed E-state index contributed by atoms with van der Waals surface area (Å²) < 4.78 is 0. The van der Waals surface area contributed by atoms with Crippen molar-refractivity contribution in [2.75, 3.05) is 26.2 Å². The van der Waals surface area contributed by atoms with Gasteiger partial charge in [0.2, 0.25) is 0 Å². The van der Waals surface area contributed by atoms with Gasteiger partial charge < -0.3 is 10.6 Å². The summed E-state index contributed by atoms with van der Waals surface area (Å²) in [5.41, 5.74) is 1.93. The van der Waals surface area contributed by atoms with E-state index in [4.69, 9.17) is 0 Å². The minimum Gasteiger partial charge on any atom is -0.348 e. The largest absolute Gasteiger partial charge is 0.348 e. The molecule has 2 bridgehead atoms. The summed E-state index contributed by atoms with van der Waals surface area (Å²) >= 11 is 1.43. The Labute approximate surface area is 170 Å². The van der Waals surface area contributed by atoms with E-state index in [-0.39, 0.29) is 5.91 Å². The molecule has 4 atom stereocenters. The third-order valence-corrected chi connectivity index (χ3v) is 7.61. The van der Waals surface area contributed by atoms with Crippen molar-refractivity contribution < 1.29 is 4.79 Å². The molecule has 0 aliphatic carbocycles. The Morgan fingerprint density at radius 1 is 1.21 bits per heavy atom. The minimum absolute atomic E-state index is 0.0355. The van der Waals surface area contributed by atoms with Crippen LogP contribution in [0.2, 0.25) is 0 Å². The van der Waals surface area contributed by atoms with Crippen LogP contribution in [0, 0.1) is 11.8 Å². The van der Waals surface area contributed by atoms with Crippen molar-refractivity contribution in [3.05, 3.63) is 40.7 Å². The van der Waals surface area contributed by atoms with Crippen molar-refractivity contribution >= 4 is 17.2 Å². The molecule has 2 N–H and O–H groups in total. The summed E-state index contributed by atoms with van der Waals surface area (Å²) in [5, 5.41) is 9.38. The Morgan fingerprint density at radius 2 is 2.07 bits per heavy atom. The highest BCUT2D eigenvalue weighted by molar-refractivity contribution is 7.12. The van der Waals surface area contributed by atoms with E-state index >= 15 is 0 Å². The fraction of sp³-hybridized carbons (Fsp3) is 0.545. The lowest BCUT2D eigenvalue weighted by Crippen LogP contribution is -2.65. The van der Waals surface area contributed by atoms with Crippen molar-refractivity contribution in [1.82, 2.24) is 20.5 Å². The zero-order valence-corrected chi connectivity index (χ0v) is 17.0. The van der Waals surface area contributed by atoms with E-state index in [1.807, 2.05) is 35.7 Å². The van der Waals surface area contributed by atoms with Crippen molar-refractivity contribution in [3.8, 4) is 11.3 Å². The smallest absolute Gasteiger partial charge is 0.280 e. The predicted octanol–water partition coefficient (Wildman–Crippen LogP) is 3.00. The fourth-order valence-corrected chi connectivity index (χ4v) is 6.18. The van der Waals surface area contributed by atoms with Crippen molar-refractivity contribution in [3.63, 3.8) is 0 Å². The molecule has 0 saturated carbocycles. The van der Waals surface area contributed by atoms with Gasteiger partial charge in [0.1, 0.15) is 0 Å². The quantitative estimate of drug-likeness (QED) is 0.834. The molecule has 28 heavy (non-hydrogen) atoms. The molecule has 148 valence electrons. The maximum absolute atomic E-state index is 12.8. The third-order valence-electron chi connectivity index (χ3n) is 6.76. The van der Waals surface area contributed by atoms with Crippen LogP contribution in [-0.2, 0) is 0 Å². The molecule has 6 heteroatoms. The number of aromatic nitrogens is 1. The Bertz CT molecular complexity index is 823. The van der Waals surface area contributed by atoms with Gasteiger partial charge in [-0.05, 0) is 50.7 Å². The van der Waals surface area contributed by atoms with Crippen molar-refractivity contribution in [2.45, 2.75) is 37.8 Å². The average molecular weight is 397 g/mol. The van der Waals surface area contributed by atoms with Gasteiger partial charge >= 0.3 is 0 Å². The van der Waals surface area contributed by atoms with Gasteiger partial charge in [-0.15, -0.1) is 11.3 Å². The molecule has 0 radical (unpaired) electrons. The molecule has 5 rings (SSSR count). The zero-order valence-electron chi connectivity index (χ0n) is 16.1. The van der Waals surface area contributed by atoms with Gasteiger partial charge in [0.15, 0.2) is 5.01 Å². The highest BCUT2D eigenvalue weighted by Crippen LogP contribution is 2.38. The highest BCUT2D eigenvalue weighted by Gasteiger charge is 2.45. The number of benzene rings is 1. The van der Waals surface area contributed by atoms with Gasteiger partial charge in [-0.2, -0.15) is 0 Å². The number of rotatable bonds is 4. The lowest BCUT2D eigenvalue weighted by molar-refractivity contribution is -0.0371. The molecule has 4 heterocycles. The number of hydrogen-bond acceptors (Lipinski definition) is 5. The van der Waals surface area contributed by atoms with Crippen LogP contribution in [-0.4, -0.2) is 54.1 Å². The fourth-order valence-electron chi connectivity index (χ4n) is 5.44. The van der Waals surface area contributed by atoms with E-state index in [0.29, 0.717) is 23.0 Å². The third kappa shape index (κ3) is 3.49. The molecule has 3 saturated heterocycles. The lowest BCUT2D eigenvalue weighted by atomic mass is 9.73. The van der Waals surface area contributed by atoms with E-state index in [9.17, 15) is 4.79 Å². The molecule has 3 aliphatic heterocycles. The van der Waals surface area contributed by atoms with Gasteiger partial charge in [-0.1, -0.05) is 36.8 Å². The van der Waals surface area contributed by atoms with Crippen LogP contribution in [0.3, 0.4) is 0 Å². The average Bonchev–Trinajstić information content (AvgIpc) is 3.25. The number of thiazole rings is 1. The molecule has 1 aromatic carbocycles. The number of hydrogen-bond donors (Lipinski definition) is 2. The van der Waals surface area contributed by atoms with E-state index in [1.54, 1.807) is 0 Å². The predicted molar refractivity (Wildman–Crippen MR) is 112 cm³/mol. The van der Waals surface area contributed by atoms with E-state index in [2.05, 4.69) is 20.5 Å². The van der Waals surface area contributed by atoms with E-state index < -0.39 is 0 Å². The summed E-state index contributed by atoms with van der Waals surface area (Å²) in [5.74, 6) is 1.40. The van der Waals surface area contributed by atoms with Crippen molar-refractivity contribution in [2.24, 2.45) is 11.8 Å². The Kier molecular flexibility index (Phi) is 5.18. The number of fused-ring (bicyclic) bond motifs is 4. The van der Waals surface area contributed by atoms with Gasteiger partial charge in [0, 0.05) is 29.6 Å². The number of nitrogens with zero attached hydrogens (tertiary/aromatic N) is 2. The molecule has 0 unspecified atom stereocenters. The second kappa shape index (κ2) is 7.93. The number of amides is 1. The zero-order chi connectivity index (χ0) is 18.9. The van der Waals surface area contributed by atoms with Crippen LogP contribution < -0.4 is 10.6 Å². The van der Waals surface area contributed by atoms with Crippen LogP contribution in [0.4, 0.5) is 0 Å². The first-order valence-electron chi connectivity index (χ1n) is 10.5. The molecular weight excluding hydrogens is 368 g/mol. The monoisotopic (exact) mass is 396 g/mol. The summed E-state index contributed by atoms with van der Waals surface area (Å²) in [7, 11) is 0. The summed E-state index contributed by atoms with van der Waals surface area (Å²) in [6, 6.07) is 11.2. The Morgan fingerprint density at radius 3 is 2.96 bits per heavy atom. The summed E-state index contributed by atoms with van der Waals surface area (Å²) in [4.78, 5) is 20.1. The van der Waals surface area contributed by atoms with Gasteiger partial charge in [0.05, 0.1) is 5.69 Å². The Hall–Kier alpha value is -1.76. The van der Waals surface area contributed by atoms with Crippen molar-refractivity contribution in [1.29, 1.82) is 0 Å². The molecule has 5 nitrogen and oxygen atoms in total. The summed E-state index contributed by atoms with van der Waals surface area (Å²) in [6.07, 6.45) is 5.27. The van der Waals surface area contributed by atoms with Crippen LogP contribution >= 0.6 is 11.3 Å². The lowest BCUT2D eigenvalue weighted by Gasteiger charge is -2.55. The number of piperidine rings is 3. The van der Waals surface area contributed by atoms with E-state index in [1.165, 1.54) is 43.6 Å². The normalized spacial score (nSPS) is 29.9. The Balaban J connectivity index is 1.26. The molecule has 0 spiro atoms. The standard InChI is InChI=1S/C22H28N4OS/c27-21(22-25-18(14-28-22)15-6-2-1-3-7-15)24-13-20-17-10-16(11-23-12-17)19-8-4-5-9-26(19)20/h1-3,6-7,14,16-17,19-20,23H,4-5,8-13H2,(H,24,27)/t16-,17+,19+,20+/m1/s1. The molecule has 1 amide bonds. The molecule has 1 aromatic heterocycles. The van der Waals surface area contributed by atoms with Crippen LogP contribution in [0.25, 0.3) is 11.3 Å². The maximum Gasteiger partial charge on any atom is 0.280 e. The number of nitrogens with one attached hydrogen (secondary N) is 2. The maximum atomic E-state index is 12.8. The second-order valence-electron chi connectivity index (χ2n) is 8.40. The van der Waals surface area contributed by atoms with Gasteiger partial charge in [0.25, 0.3) is 5.91 Å². The summed E-state index contributed by atoms with van der Waals surface area (Å²) in [6.45, 7) is 4.16. The first-order chi connectivity index (χ1) is 13.8. The minimum atomic E-state index is -0.0355. The van der Waals surface area contributed by atoms with Crippen LogP contribution in [0.5, 0.6) is 0 Å². The van der Waals surface area contributed by atoms with Gasteiger partial charge in [-0.25, -0.2) is 4.98 Å². The SMILES string of the molecule is O=C(NC[C@H]1[C@@H]2CNC[C@@H](C2)[C@@H]2CCCCN21)c1nc(-c2ccccc2)cs1.